The topological polar surface area (TPSA) is 102 Å². The van der Waals surface area contributed by atoms with Crippen LogP contribution in [0.5, 0.6) is 0 Å². The highest BCUT2D eigenvalue weighted by molar-refractivity contribution is 7.92. The molecule has 0 saturated heterocycles. The van der Waals surface area contributed by atoms with Crippen LogP contribution in [0, 0.1) is 5.82 Å². The van der Waals surface area contributed by atoms with Gasteiger partial charge >= 0.3 is 0 Å². The van der Waals surface area contributed by atoms with Crippen LogP contribution >= 0.6 is 0 Å². The Hall–Kier alpha value is -2.48. The van der Waals surface area contributed by atoms with Gasteiger partial charge in [0.2, 0.25) is 9.84 Å². The molecule has 2 heterocycles. The summed E-state index contributed by atoms with van der Waals surface area (Å²) in [6.45, 7) is 0. The van der Waals surface area contributed by atoms with Gasteiger partial charge in [-0.15, -0.1) is 0 Å². The average Bonchev–Trinajstić information content (AvgIpc) is 2.99. The standard InChI is InChI=1S/C18H19FN4O2S/c19-12-6-8-13(9-7-12)26(24,25)17-16-15(23-18(17)20)14(21-10-22-16)11-4-2-1-3-5-11/h6-11,23H,1-5,20H2. The molecule has 0 radical (unpaired) electrons. The number of halogens is 1. The first kappa shape index (κ1) is 17.0. The van der Waals surface area contributed by atoms with E-state index in [-0.39, 0.29) is 21.5 Å². The van der Waals surface area contributed by atoms with Crippen molar-refractivity contribution in [3.8, 4) is 0 Å². The molecule has 26 heavy (non-hydrogen) atoms. The summed E-state index contributed by atoms with van der Waals surface area (Å²) in [4.78, 5) is 11.5. The molecule has 136 valence electrons. The molecule has 1 saturated carbocycles. The first-order valence-corrected chi connectivity index (χ1v) is 10.1. The van der Waals surface area contributed by atoms with Gasteiger partial charge in [-0.3, -0.25) is 0 Å². The molecular weight excluding hydrogens is 355 g/mol. The largest absolute Gasteiger partial charge is 0.384 e. The predicted molar refractivity (Wildman–Crippen MR) is 96.0 cm³/mol. The van der Waals surface area contributed by atoms with Gasteiger partial charge in [-0.1, -0.05) is 19.3 Å². The molecule has 0 unspecified atom stereocenters. The number of nitrogens with zero attached hydrogens (tertiary/aromatic N) is 2. The number of aromatic nitrogens is 3. The van der Waals surface area contributed by atoms with Gasteiger partial charge in [0.25, 0.3) is 0 Å². The Bertz CT molecular complexity index is 1050. The Morgan fingerprint density at radius 2 is 1.77 bits per heavy atom. The fourth-order valence-corrected chi connectivity index (χ4v) is 5.18. The second kappa shape index (κ2) is 6.35. The van der Waals surface area contributed by atoms with Crippen LogP contribution in [-0.4, -0.2) is 23.4 Å². The van der Waals surface area contributed by atoms with E-state index in [4.69, 9.17) is 5.73 Å². The van der Waals surface area contributed by atoms with E-state index in [0.29, 0.717) is 11.0 Å². The summed E-state index contributed by atoms with van der Waals surface area (Å²) in [6, 6.07) is 4.68. The highest BCUT2D eigenvalue weighted by Crippen LogP contribution is 2.38. The number of benzene rings is 1. The molecule has 3 aromatic rings. The Morgan fingerprint density at radius 3 is 2.46 bits per heavy atom. The summed E-state index contributed by atoms with van der Waals surface area (Å²) >= 11 is 0. The van der Waals surface area contributed by atoms with Crippen molar-refractivity contribution in [2.24, 2.45) is 0 Å². The first-order valence-electron chi connectivity index (χ1n) is 8.61. The molecule has 2 aromatic heterocycles. The van der Waals surface area contributed by atoms with Crippen LogP contribution in [-0.2, 0) is 9.84 Å². The highest BCUT2D eigenvalue weighted by Gasteiger charge is 2.29. The molecule has 8 heteroatoms. The van der Waals surface area contributed by atoms with Gasteiger partial charge in [-0.05, 0) is 37.1 Å². The van der Waals surface area contributed by atoms with E-state index >= 15 is 0 Å². The summed E-state index contributed by atoms with van der Waals surface area (Å²) in [5, 5.41) is 0. The molecule has 1 fully saturated rings. The number of nitrogen functional groups attached to an aromatic ring is 1. The molecule has 1 aromatic carbocycles. The number of hydrogen-bond acceptors (Lipinski definition) is 5. The lowest BCUT2D eigenvalue weighted by Crippen LogP contribution is -2.08. The molecule has 0 spiro atoms. The van der Waals surface area contributed by atoms with Crippen molar-refractivity contribution >= 4 is 26.7 Å². The normalized spacial score (nSPS) is 16.2. The number of sulfone groups is 1. The van der Waals surface area contributed by atoms with E-state index in [1.807, 2.05) is 0 Å². The fourth-order valence-electron chi connectivity index (χ4n) is 3.70. The molecule has 0 bridgehead atoms. The minimum absolute atomic E-state index is 0.0238. The number of nitrogens with one attached hydrogen (secondary N) is 1. The molecule has 4 rings (SSSR count). The maximum absolute atomic E-state index is 13.2. The Balaban J connectivity index is 1.88. The predicted octanol–water partition coefficient (Wildman–Crippen LogP) is 3.56. The summed E-state index contributed by atoms with van der Waals surface area (Å²) in [5.41, 5.74) is 7.72. The van der Waals surface area contributed by atoms with Crippen molar-refractivity contribution < 1.29 is 12.8 Å². The number of nitrogens with two attached hydrogens (primary N) is 1. The van der Waals surface area contributed by atoms with Crippen LogP contribution in [0.15, 0.2) is 40.4 Å². The second-order valence-electron chi connectivity index (χ2n) is 6.64. The molecule has 0 amide bonds. The van der Waals surface area contributed by atoms with Crippen LogP contribution in [0.4, 0.5) is 10.2 Å². The minimum Gasteiger partial charge on any atom is -0.384 e. The van der Waals surface area contributed by atoms with Crippen LogP contribution in [0.2, 0.25) is 0 Å². The number of anilines is 1. The van der Waals surface area contributed by atoms with Gasteiger partial charge in [0.1, 0.15) is 28.4 Å². The number of aromatic amines is 1. The SMILES string of the molecule is Nc1[nH]c2c(C3CCCCC3)ncnc2c1S(=O)(=O)c1ccc(F)cc1. The van der Waals surface area contributed by atoms with Gasteiger partial charge < -0.3 is 10.7 Å². The maximum atomic E-state index is 13.2. The van der Waals surface area contributed by atoms with E-state index in [9.17, 15) is 12.8 Å². The number of H-pyrrole nitrogens is 1. The highest BCUT2D eigenvalue weighted by atomic mass is 32.2. The van der Waals surface area contributed by atoms with Crippen LogP contribution in [0.3, 0.4) is 0 Å². The van der Waals surface area contributed by atoms with E-state index in [2.05, 4.69) is 15.0 Å². The van der Waals surface area contributed by atoms with Crippen LogP contribution < -0.4 is 5.73 Å². The molecule has 1 aliphatic carbocycles. The molecule has 0 aliphatic heterocycles. The lowest BCUT2D eigenvalue weighted by molar-refractivity contribution is 0.438. The van der Waals surface area contributed by atoms with Crippen molar-refractivity contribution in [1.82, 2.24) is 15.0 Å². The lowest BCUT2D eigenvalue weighted by Gasteiger charge is -2.21. The summed E-state index contributed by atoms with van der Waals surface area (Å²) in [5.74, 6) is -0.201. The lowest BCUT2D eigenvalue weighted by atomic mass is 9.86. The zero-order valence-electron chi connectivity index (χ0n) is 14.1. The van der Waals surface area contributed by atoms with Gasteiger partial charge in [-0.2, -0.15) is 0 Å². The third kappa shape index (κ3) is 2.74. The Kier molecular flexibility index (Phi) is 4.14. The fraction of sp³-hybridized carbons (Fsp3) is 0.333. The van der Waals surface area contributed by atoms with Crippen molar-refractivity contribution in [3.63, 3.8) is 0 Å². The number of fused-ring (bicyclic) bond motifs is 1. The van der Waals surface area contributed by atoms with Crippen LogP contribution in [0.25, 0.3) is 11.0 Å². The van der Waals surface area contributed by atoms with Gasteiger partial charge in [0.15, 0.2) is 0 Å². The van der Waals surface area contributed by atoms with E-state index in [1.165, 1.54) is 24.9 Å². The van der Waals surface area contributed by atoms with Gasteiger partial charge in [-0.25, -0.2) is 22.8 Å². The number of rotatable bonds is 3. The smallest absolute Gasteiger partial charge is 0.212 e. The zero-order valence-corrected chi connectivity index (χ0v) is 14.9. The monoisotopic (exact) mass is 374 g/mol. The van der Waals surface area contributed by atoms with Crippen molar-refractivity contribution in [2.75, 3.05) is 5.73 Å². The van der Waals surface area contributed by atoms with Crippen LogP contribution in [0.1, 0.15) is 43.7 Å². The molecule has 0 atom stereocenters. The molecule has 3 N–H and O–H groups in total. The Labute approximate surface area is 150 Å². The van der Waals surface area contributed by atoms with E-state index < -0.39 is 15.7 Å². The summed E-state index contributed by atoms with van der Waals surface area (Å²) < 4.78 is 39.3. The van der Waals surface area contributed by atoms with E-state index in [1.54, 1.807) is 0 Å². The summed E-state index contributed by atoms with van der Waals surface area (Å²) in [7, 11) is -3.93. The van der Waals surface area contributed by atoms with Crippen molar-refractivity contribution in [2.45, 2.75) is 47.8 Å². The van der Waals surface area contributed by atoms with Gasteiger partial charge in [0.05, 0.1) is 16.1 Å². The number of hydrogen-bond donors (Lipinski definition) is 2. The summed E-state index contributed by atoms with van der Waals surface area (Å²) in [6.07, 6.45) is 6.90. The quantitative estimate of drug-likeness (QED) is 0.683. The Morgan fingerprint density at radius 1 is 1.08 bits per heavy atom. The third-order valence-electron chi connectivity index (χ3n) is 4.98. The zero-order chi connectivity index (χ0) is 18.3. The van der Waals surface area contributed by atoms with Crippen molar-refractivity contribution in [3.05, 3.63) is 42.1 Å². The first-order chi connectivity index (χ1) is 12.5. The third-order valence-corrected chi connectivity index (χ3v) is 6.82. The van der Waals surface area contributed by atoms with Crippen molar-refractivity contribution in [1.29, 1.82) is 0 Å². The molecule has 1 aliphatic rings. The average molecular weight is 374 g/mol. The van der Waals surface area contributed by atoms with E-state index in [0.717, 1.165) is 43.5 Å². The second-order valence-corrected chi connectivity index (χ2v) is 8.53. The van der Waals surface area contributed by atoms with Gasteiger partial charge in [0, 0.05) is 5.92 Å². The maximum Gasteiger partial charge on any atom is 0.212 e. The molecule has 6 nitrogen and oxygen atoms in total. The molecular formula is C18H19FN4O2S. The minimum atomic E-state index is -3.93.